The summed E-state index contributed by atoms with van der Waals surface area (Å²) in [6.07, 6.45) is 0. The molecule has 0 atom stereocenters. The molecule has 9 nitrogen and oxygen atoms in total. The fourth-order valence-corrected chi connectivity index (χ4v) is 21.1. The number of para-hydroxylation sites is 9. The lowest BCUT2D eigenvalue weighted by molar-refractivity contribution is 0.475. The van der Waals surface area contributed by atoms with Crippen molar-refractivity contribution in [2.75, 3.05) is 0 Å². The summed E-state index contributed by atoms with van der Waals surface area (Å²) < 4.78 is 25.9. The number of aromatic nitrogens is 6. The Balaban J connectivity index is 0.000000102. The maximum atomic E-state index is 6.37. The molecular formula is C120H76N6O3. The molecule has 129 heavy (non-hydrogen) atoms. The number of nitrogens with zero attached hydrogens (tertiary/aromatic N) is 6. The van der Waals surface area contributed by atoms with Crippen molar-refractivity contribution in [2.45, 2.75) is 19.3 Å². The monoisotopic (exact) mass is 1650 g/mol. The van der Waals surface area contributed by atoms with Gasteiger partial charge in [0.15, 0.2) is 34.5 Å². The minimum Gasteiger partial charge on any atom is -0.453 e. The van der Waals surface area contributed by atoms with Gasteiger partial charge in [-0.2, -0.15) is 0 Å². The Morgan fingerprint density at radius 2 is 0.457 bits per heavy atom. The molecule has 0 N–H and O–H groups in total. The predicted molar refractivity (Wildman–Crippen MR) is 530 cm³/mol. The maximum Gasteiger partial charge on any atom is 0.153 e. The van der Waals surface area contributed by atoms with Gasteiger partial charge in [-0.25, -0.2) is 15.0 Å². The molecule has 0 radical (unpaired) electrons. The zero-order valence-electron chi connectivity index (χ0n) is 70.3. The molecule has 28 rings (SSSR count). The summed E-state index contributed by atoms with van der Waals surface area (Å²) in [6.45, 7) is 4.70. The molecule has 3 aliphatic heterocycles. The summed E-state index contributed by atoms with van der Waals surface area (Å²) >= 11 is 0. The molecule has 0 unspecified atom stereocenters. The molecule has 0 fully saturated rings. The van der Waals surface area contributed by atoms with Crippen LogP contribution in [0.2, 0.25) is 0 Å². The van der Waals surface area contributed by atoms with Crippen molar-refractivity contribution in [1.29, 1.82) is 0 Å². The third-order valence-electron chi connectivity index (χ3n) is 26.8. The van der Waals surface area contributed by atoms with Gasteiger partial charge < -0.3 is 14.2 Å². The van der Waals surface area contributed by atoms with Gasteiger partial charge in [-0.15, -0.1) is 0 Å². The lowest BCUT2D eigenvalue weighted by Crippen LogP contribution is -2.14. The highest BCUT2D eigenvalue weighted by Gasteiger charge is 2.37. The molecule has 6 heterocycles. The molecule has 0 amide bonds. The Morgan fingerprint density at radius 1 is 0.194 bits per heavy atom. The lowest BCUT2D eigenvalue weighted by Gasteiger charge is -2.23. The van der Waals surface area contributed by atoms with Gasteiger partial charge in [0, 0.05) is 22.1 Å². The maximum absolute atomic E-state index is 6.37. The summed E-state index contributed by atoms with van der Waals surface area (Å²) in [5.74, 6) is 7.76. The average Bonchev–Trinajstić information content (AvgIpc) is 1.05. The average molecular weight is 1650 g/mol. The minimum absolute atomic E-state index is 0.0702. The van der Waals surface area contributed by atoms with E-state index >= 15 is 0 Å². The van der Waals surface area contributed by atoms with Crippen LogP contribution in [0, 0.1) is 0 Å². The number of imidazole rings is 3. The number of hydrogen-bond donors (Lipinski definition) is 0. The number of benzene rings is 21. The minimum atomic E-state index is -0.0702. The second-order valence-corrected chi connectivity index (χ2v) is 34.2. The highest BCUT2D eigenvalue weighted by Crippen LogP contribution is 2.56. The quantitative estimate of drug-likeness (QED) is 0.141. The van der Waals surface area contributed by atoms with Gasteiger partial charge in [0.25, 0.3) is 0 Å². The van der Waals surface area contributed by atoms with E-state index in [1.165, 1.54) is 143 Å². The van der Waals surface area contributed by atoms with Crippen molar-refractivity contribution < 1.29 is 14.2 Å². The van der Waals surface area contributed by atoms with Crippen molar-refractivity contribution in [3.63, 3.8) is 0 Å². The van der Waals surface area contributed by atoms with E-state index in [9.17, 15) is 0 Å². The highest BCUT2D eigenvalue weighted by molar-refractivity contribution is 6.25. The van der Waals surface area contributed by atoms with E-state index < -0.39 is 0 Å². The molecule has 604 valence electrons. The standard InChI is InChI=1S/C42H28N2O.2C39H24N2O/c1-42(2)32-17-8-7-12-26(32)27-23-22-25(24-33(27)42)38-28-13-3-5-15-30(28)39(31-16-6-4-14-29(31)38)41-43-34-18-11-21-37-40(34)44(41)35-19-9-10-20-36(35)45-37;1-2-12-25(13-3-1)26-14-10-15-27(24-26)36-28-16-4-6-18-30(28)37(31-19-7-5-17-29(31)36)39-40-32-20-11-23-35-38(32)41(39)33-21-8-9-22-34(33)42-35;1-2-11-25(12-3-1)26-21-23-27(24-22-26)36-28-13-4-6-15-30(28)37(31-16-7-5-14-29(31)36)39-40-32-17-10-20-35-38(32)41(39)33-18-8-9-19-34(33)42-35/h3-24H,1-2H3;2*1-24H. The van der Waals surface area contributed by atoms with Crippen LogP contribution >= 0.6 is 0 Å². The topological polar surface area (TPSA) is 81.1 Å². The number of ether oxygens (including phenoxy) is 3. The van der Waals surface area contributed by atoms with Crippen molar-refractivity contribution in [3.05, 3.63) is 436 Å². The van der Waals surface area contributed by atoms with Crippen LogP contribution in [-0.2, 0) is 5.41 Å². The Hall–Kier alpha value is -17.0. The Morgan fingerprint density at radius 3 is 0.853 bits per heavy atom. The predicted octanol–water partition coefficient (Wildman–Crippen LogP) is 32.0. The van der Waals surface area contributed by atoms with E-state index in [1.807, 2.05) is 72.8 Å². The zero-order chi connectivity index (χ0) is 85.1. The first-order valence-corrected chi connectivity index (χ1v) is 44.0. The van der Waals surface area contributed by atoms with Crippen LogP contribution in [0.25, 0.3) is 216 Å². The summed E-state index contributed by atoms with van der Waals surface area (Å²) in [5, 5.41) is 14.3. The summed E-state index contributed by atoms with van der Waals surface area (Å²) in [7, 11) is 0. The van der Waals surface area contributed by atoms with Crippen molar-refractivity contribution in [1.82, 2.24) is 28.7 Å². The SMILES string of the molecule is CC1(C)c2ccccc2-c2ccc(-c3c4ccccc4c(-c4nc5cccc6c5n4-c4ccccc4O6)c4ccccc34)cc21.c1ccc(-c2ccc(-c3c4ccccc4c(-c4nc5cccc6c5n4-c4ccccc4O6)c4ccccc34)cc2)cc1.c1ccc(-c2cccc(-c3c4ccccc4c(-c4nc5cccc6c5n4-c4ccccc4O6)c4ccccc34)c2)cc1. The molecule has 24 aromatic rings. The van der Waals surface area contributed by atoms with Crippen molar-refractivity contribution in [2.24, 2.45) is 0 Å². The Kier molecular flexibility index (Phi) is 16.6. The first-order chi connectivity index (χ1) is 63.8. The summed E-state index contributed by atoms with van der Waals surface area (Å²) in [6, 6.07) is 151. The van der Waals surface area contributed by atoms with Crippen LogP contribution in [0.5, 0.6) is 34.5 Å². The molecular weight excluding hydrogens is 1570 g/mol. The molecule has 0 spiro atoms. The van der Waals surface area contributed by atoms with Crippen LogP contribution in [0.15, 0.2) is 425 Å². The van der Waals surface area contributed by atoms with E-state index in [0.717, 1.165) is 119 Å². The molecule has 4 aliphatic rings. The van der Waals surface area contributed by atoms with E-state index in [0.29, 0.717) is 0 Å². The molecule has 0 saturated carbocycles. The van der Waals surface area contributed by atoms with Crippen molar-refractivity contribution >= 4 is 97.7 Å². The van der Waals surface area contributed by atoms with Gasteiger partial charge in [-0.05, 0) is 227 Å². The highest BCUT2D eigenvalue weighted by atomic mass is 16.5. The van der Waals surface area contributed by atoms with E-state index in [1.54, 1.807) is 0 Å². The zero-order valence-corrected chi connectivity index (χ0v) is 70.3. The van der Waals surface area contributed by atoms with Gasteiger partial charge >= 0.3 is 0 Å². The van der Waals surface area contributed by atoms with Crippen LogP contribution in [0.4, 0.5) is 0 Å². The third-order valence-corrected chi connectivity index (χ3v) is 26.8. The van der Waals surface area contributed by atoms with Gasteiger partial charge in [0.05, 0.1) is 33.6 Å². The van der Waals surface area contributed by atoms with Gasteiger partial charge in [0.2, 0.25) is 0 Å². The normalized spacial score (nSPS) is 12.7. The van der Waals surface area contributed by atoms with Crippen molar-refractivity contribution in [3.8, 4) is 152 Å². The second kappa shape index (κ2) is 29.1. The molecule has 0 bridgehead atoms. The number of hydrogen-bond acceptors (Lipinski definition) is 6. The Bertz CT molecular complexity index is 8650. The molecule has 0 saturated heterocycles. The first kappa shape index (κ1) is 73.5. The largest absolute Gasteiger partial charge is 0.453 e. The molecule has 1 aliphatic carbocycles. The van der Waals surface area contributed by atoms with Crippen LogP contribution in [0.3, 0.4) is 0 Å². The number of fused-ring (bicyclic) bond motifs is 15. The lowest BCUT2D eigenvalue weighted by atomic mass is 9.80. The van der Waals surface area contributed by atoms with Crippen LogP contribution in [-0.4, -0.2) is 28.7 Å². The molecule has 3 aromatic heterocycles. The van der Waals surface area contributed by atoms with Gasteiger partial charge in [-0.1, -0.05) is 354 Å². The molecule has 9 heteroatoms. The summed E-state index contributed by atoms with van der Waals surface area (Å²) in [4.78, 5) is 15.9. The van der Waals surface area contributed by atoms with Gasteiger partial charge in [-0.3, -0.25) is 13.7 Å². The van der Waals surface area contributed by atoms with E-state index in [-0.39, 0.29) is 5.41 Å². The smallest absolute Gasteiger partial charge is 0.153 e. The van der Waals surface area contributed by atoms with Gasteiger partial charge in [0.1, 0.15) is 34.0 Å². The fourth-order valence-electron chi connectivity index (χ4n) is 21.1. The van der Waals surface area contributed by atoms with E-state index in [2.05, 4.69) is 379 Å². The van der Waals surface area contributed by atoms with E-state index in [4.69, 9.17) is 29.2 Å². The first-order valence-electron chi connectivity index (χ1n) is 44.0. The fraction of sp³-hybridized carbons (Fsp3) is 0.0250. The third kappa shape index (κ3) is 11.4. The van der Waals surface area contributed by atoms with Crippen LogP contribution < -0.4 is 14.2 Å². The second-order valence-electron chi connectivity index (χ2n) is 34.2. The summed E-state index contributed by atoms with van der Waals surface area (Å²) in [5.41, 5.74) is 29.8. The molecule has 21 aromatic carbocycles. The Labute approximate surface area is 743 Å². The number of rotatable bonds is 8. The van der Waals surface area contributed by atoms with Crippen LogP contribution in [0.1, 0.15) is 25.0 Å².